The van der Waals surface area contributed by atoms with Gasteiger partial charge in [-0.1, -0.05) is 0 Å². The molecule has 0 spiro atoms. The molecule has 0 saturated carbocycles. The van der Waals surface area contributed by atoms with E-state index in [4.69, 9.17) is 10.4 Å². The molecule has 5 heteroatoms. The van der Waals surface area contributed by atoms with Crippen molar-refractivity contribution in [3.8, 4) is 6.07 Å². The lowest BCUT2D eigenvalue weighted by molar-refractivity contribution is -0.137. The molecule has 0 bridgehead atoms. The molecule has 0 fully saturated rings. The zero-order valence-corrected chi connectivity index (χ0v) is 11.1. The fourth-order valence-electron chi connectivity index (χ4n) is 1.80. The Balaban J connectivity index is 2.81. The van der Waals surface area contributed by atoms with Gasteiger partial charge in [-0.25, -0.2) is 4.39 Å². The third-order valence-electron chi connectivity index (χ3n) is 2.82. The first-order valence-corrected chi connectivity index (χ1v) is 6.07. The molecule has 0 atom stereocenters. The van der Waals surface area contributed by atoms with E-state index >= 15 is 0 Å². The molecule has 0 aromatic heterocycles. The van der Waals surface area contributed by atoms with Gasteiger partial charge in [-0.05, 0) is 37.6 Å². The lowest BCUT2D eigenvalue weighted by Gasteiger charge is -2.25. The fourth-order valence-corrected chi connectivity index (χ4v) is 1.80. The van der Waals surface area contributed by atoms with Gasteiger partial charge in [0.2, 0.25) is 0 Å². The molecule has 0 amide bonds. The molecular formula is C14H17FN2O2. The summed E-state index contributed by atoms with van der Waals surface area (Å²) in [6.45, 7) is 4.72. The van der Waals surface area contributed by atoms with E-state index in [1.165, 1.54) is 12.1 Å². The van der Waals surface area contributed by atoms with Crippen LogP contribution in [0.4, 0.5) is 4.39 Å². The minimum absolute atomic E-state index is 0.0403. The van der Waals surface area contributed by atoms with Crippen molar-refractivity contribution in [1.29, 1.82) is 5.26 Å². The van der Waals surface area contributed by atoms with Crippen LogP contribution in [0.5, 0.6) is 0 Å². The van der Waals surface area contributed by atoms with Gasteiger partial charge in [0.1, 0.15) is 5.82 Å². The molecule has 1 N–H and O–H groups in total. The zero-order valence-electron chi connectivity index (χ0n) is 11.1. The minimum atomic E-state index is -0.859. The van der Waals surface area contributed by atoms with Crippen LogP contribution in [0.15, 0.2) is 18.2 Å². The Morgan fingerprint density at radius 1 is 1.47 bits per heavy atom. The predicted octanol–water partition coefficient (Wildman–Crippen LogP) is 2.38. The van der Waals surface area contributed by atoms with E-state index in [0.717, 1.165) is 0 Å². The van der Waals surface area contributed by atoms with Crippen molar-refractivity contribution in [2.24, 2.45) is 0 Å². The average Bonchev–Trinajstić information content (AvgIpc) is 2.33. The van der Waals surface area contributed by atoms with Crippen LogP contribution in [0.25, 0.3) is 0 Å². The lowest BCUT2D eigenvalue weighted by Crippen LogP contribution is -2.32. The molecule has 0 radical (unpaired) electrons. The average molecular weight is 264 g/mol. The molecule has 0 saturated heterocycles. The van der Waals surface area contributed by atoms with Crippen molar-refractivity contribution in [3.63, 3.8) is 0 Å². The van der Waals surface area contributed by atoms with E-state index in [1.54, 1.807) is 6.07 Å². The number of carbonyl (C=O) groups is 1. The number of nitrogens with zero attached hydrogens (tertiary/aromatic N) is 2. The second kappa shape index (κ2) is 6.86. The summed E-state index contributed by atoms with van der Waals surface area (Å²) in [6, 6.07) is 6.23. The number of hydrogen-bond acceptors (Lipinski definition) is 3. The fraction of sp³-hybridized carbons (Fsp3) is 0.429. The topological polar surface area (TPSA) is 64.3 Å². The molecule has 4 nitrogen and oxygen atoms in total. The first-order valence-electron chi connectivity index (χ1n) is 6.07. The Bertz CT molecular complexity index is 495. The van der Waals surface area contributed by atoms with E-state index in [1.807, 2.05) is 24.8 Å². The van der Waals surface area contributed by atoms with Crippen LogP contribution in [0.2, 0.25) is 0 Å². The standard InChI is InChI=1S/C14H17FN2O2/c1-10(2)17(4-3-14(18)19)9-12-5-11(8-16)6-13(15)7-12/h5-7,10H,3-4,9H2,1-2H3,(H,18,19). The second-order valence-corrected chi connectivity index (χ2v) is 4.67. The number of rotatable bonds is 6. The summed E-state index contributed by atoms with van der Waals surface area (Å²) in [5.74, 6) is -1.31. The summed E-state index contributed by atoms with van der Waals surface area (Å²) in [4.78, 5) is 12.5. The molecule has 0 aliphatic carbocycles. The van der Waals surface area contributed by atoms with Crippen LogP contribution in [0.3, 0.4) is 0 Å². The molecule has 1 aromatic carbocycles. The number of hydrogen-bond donors (Lipinski definition) is 1. The normalized spacial score (nSPS) is 10.7. The predicted molar refractivity (Wildman–Crippen MR) is 68.9 cm³/mol. The highest BCUT2D eigenvalue weighted by atomic mass is 19.1. The Labute approximate surface area is 112 Å². The van der Waals surface area contributed by atoms with Gasteiger partial charge in [-0.15, -0.1) is 0 Å². The van der Waals surface area contributed by atoms with Gasteiger partial charge in [0.05, 0.1) is 18.1 Å². The maximum atomic E-state index is 13.3. The molecule has 102 valence electrons. The Hall–Kier alpha value is -1.93. The summed E-state index contributed by atoms with van der Waals surface area (Å²) >= 11 is 0. The van der Waals surface area contributed by atoms with Crippen molar-refractivity contribution >= 4 is 5.97 Å². The van der Waals surface area contributed by atoms with Crippen molar-refractivity contribution in [3.05, 3.63) is 35.1 Å². The summed E-state index contributed by atoms with van der Waals surface area (Å²) in [5.41, 5.74) is 0.951. The monoisotopic (exact) mass is 264 g/mol. The van der Waals surface area contributed by atoms with Crippen LogP contribution in [0.1, 0.15) is 31.4 Å². The number of halogens is 1. The minimum Gasteiger partial charge on any atom is -0.481 e. The quantitative estimate of drug-likeness (QED) is 0.856. The molecule has 1 aromatic rings. The van der Waals surface area contributed by atoms with Gasteiger partial charge >= 0.3 is 5.97 Å². The van der Waals surface area contributed by atoms with Crippen LogP contribution in [-0.2, 0) is 11.3 Å². The summed E-state index contributed by atoms with van der Waals surface area (Å²) in [5, 5.41) is 17.5. The van der Waals surface area contributed by atoms with Gasteiger partial charge < -0.3 is 5.11 Å². The number of carboxylic acids is 1. The molecule has 19 heavy (non-hydrogen) atoms. The number of nitriles is 1. The van der Waals surface area contributed by atoms with Gasteiger partial charge in [-0.3, -0.25) is 9.69 Å². The van der Waals surface area contributed by atoms with E-state index < -0.39 is 11.8 Å². The Morgan fingerprint density at radius 3 is 2.68 bits per heavy atom. The van der Waals surface area contributed by atoms with Crippen molar-refractivity contribution in [1.82, 2.24) is 4.90 Å². The van der Waals surface area contributed by atoms with Crippen LogP contribution in [-0.4, -0.2) is 28.6 Å². The highest BCUT2D eigenvalue weighted by Gasteiger charge is 2.13. The maximum Gasteiger partial charge on any atom is 0.304 e. The van der Waals surface area contributed by atoms with Crippen LogP contribution >= 0.6 is 0 Å². The van der Waals surface area contributed by atoms with E-state index in [0.29, 0.717) is 18.7 Å². The summed E-state index contributed by atoms with van der Waals surface area (Å²) in [6.07, 6.45) is 0.0403. The number of carboxylic acid groups (broad SMARTS) is 1. The van der Waals surface area contributed by atoms with Crippen molar-refractivity contribution in [2.45, 2.75) is 32.9 Å². The van der Waals surface area contributed by atoms with Gasteiger partial charge in [-0.2, -0.15) is 5.26 Å². The van der Waals surface area contributed by atoms with Crippen molar-refractivity contribution in [2.75, 3.05) is 6.54 Å². The highest BCUT2D eigenvalue weighted by molar-refractivity contribution is 5.66. The molecule has 0 unspecified atom stereocenters. The van der Waals surface area contributed by atoms with Gasteiger partial charge in [0, 0.05) is 19.1 Å². The zero-order chi connectivity index (χ0) is 14.4. The molecule has 0 heterocycles. The third kappa shape index (κ3) is 5.06. The first-order chi connectivity index (χ1) is 8.92. The van der Waals surface area contributed by atoms with E-state index in [2.05, 4.69) is 0 Å². The van der Waals surface area contributed by atoms with Crippen LogP contribution < -0.4 is 0 Å². The molecule has 0 aliphatic rings. The largest absolute Gasteiger partial charge is 0.481 e. The third-order valence-corrected chi connectivity index (χ3v) is 2.82. The van der Waals surface area contributed by atoms with E-state index in [-0.39, 0.29) is 18.0 Å². The Morgan fingerprint density at radius 2 is 2.16 bits per heavy atom. The first kappa shape index (κ1) is 15.1. The smallest absolute Gasteiger partial charge is 0.304 e. The highest BCUT2D eigenvalue weighted by Crippen LogP contribution is 2.13. The Kier molecular flexibility index (Phi) is 5.46. The van der Waals surface area contributed by atoms with Crippen molar-refractivity contribution < 1.29 is 14.3 Å². The molecule has 0 aliphatic heterocycles. The SMILES string of the molecule is CC(C)N(CCC(=O)O)Cc1cc(F)cc(C#N)c1. The second-order valence-electron chi connectivity index (χ2n) is 4.67. The van der Waals surface area contributed by atoms with Gasteiger partial charge in [0.25, 0.3) is 0 Å². The van der Waals surface area contributed by atoms with Crippen LogP contribution in [0, 0.1) is 17.1 Å². The molecular weight excluding hydrogens is 247 g/mol. The van der Waals surface area contributed by atoms with E-state index in [9.17, 15) is 9.18 Å². The summed E-state index contributed by atoms with van der Waals surface area (Å²) in [7, 11) is 0. The summed E-state index contributed by atoms with van der Waals surface area (Å²) < 4.78 is 13.3. The number of benzene rings is 1. The number of aliphatic carboxylic acids is 1. The van der Waals surface area contributed by atoms with Gasteiger partial charge in [0.15, 0.2) is 0 Å². The maximum absolute atomic E-state index is 13.3. The molecule has 1 rings (SSSR count). The lowest BCUT2D eigenvalue weighted by atomic mass is 10.1.